The summed E-state index contributed by atoms with van der Waals surface area (Å²) >= 11 is 0. The van der Waals surface area contributed by atoms with Crippen molar-refractivity contribution in [2.45, 2.75) is 17.9 Å². The molecule has 3 rings (SSSR count). The van der Waals surface area contributed by atoms with E-state index in [0.29, 0.717) is 17.1 Å². The number of hydrogen-bond acceptors (Lipinski definition) is 6. The number of ether oxygens (including phenoxy) is 1. The number of nitrogens with one attached hydrogen (secondary N) is 3. The Bertz CT molecular complexity index is 1010. The van der Waals surface area contributed by atoms with Crippen LogP contribution in [-0.2, 0) is 24.4 Å². The van der Waals surface area contributed by atoms with E-state index in [2.05, 4.69) is 10.6 Å². The van der Waals surface area contributed by atoms with Crippen molar-refractivity contribution in [3.05, 3.63) is 48.3 Å². The van der Waals surface area contributed by atoms with Gasteiger partial charge in [-0.15, -0.1) is 0 Å². The number of carbonyl (C=O) groups is 2. The molecule has 9 nitrogen and oxygen atoms in total. The molecular formula is C17H16FN3O6S. The van der Waals surface area contributed by atoms with Crippen LogP contribution in [0.4, 0.5) is 15.8 Å². The zero-order chi connectivity index (χ0) is 20.3. The number of fused-ring (bicyclic) bond motifs is 1. The minimum absolute atomic E-state index is 0.214. The highest BCUT2D eigenvalue weighted by Crippen LogP contribution is 2.32. The second kappa shape index (κ2) is 7.92. The van der Waals surface area contributed by atoms with Gasteiger partial charge in [-0.25, -0.2) is 12.8 Å². The zero-order valence-corrected chi connectivity index (χ0v) is 15.4. The van der Waals surface area contributed by atoms with Crippen LogP contribution in [0.2, 0.25) is 0 Å². The van der Waals surface area contributed by atoms with Crippen molar-refractivity contribution < 1.29 is 32.0 Å². The highest BCUT2D eigenvalue weighted by Gasteiger charge is 2.23. The highest BCUT2D eigenvalue weighted by atomic mass is 32.2. The van der Waals surface area contributed by atoms with E-state index < -0.39 is 34.5 Å². The van der Waals surface area contributed by atoms with Gasteiger partial charge < -0.3 is 15.4 Å². The fraction of sp³-hybridized carbons (Fsp3) is 0.176. The summed E-state index contributed by atoms with van der Waals surface area (Å²) in [6.45, 7) is 0.996. The lowest BCUT2D eigenvalue weighted by Gasteiger charge is -2.23. The molecular weight excluding hydrogens is 393 g/mol. The van der Waals surface area contributed by atoms with Crippen molar-refractivity contribution >= 4 is 33.2 Å². The largest absolute Gasteiger partial charge is 0.479 e. The molecule has 28 heavy (non-hydrogen) atoms. The van der Waals surface area contributed by atoms with Gasteiger partial charge in [-0.2, -0.15) is 0 Å². The van der Waals surface area contributed by atoms with Crippen LogP contribution in [0.5, 0.6) is 5.75 Å². The van der Waals surface area contributed by atoms with E-state index in [1.54, 1.807) is 23.9 Å². The summed E-state index contributed by atoms with van der Waals surface area (Å²) in [6.07, 6.45) is -0.615. The van der Waals surface area contributed by atoms with Gasteiger partial charge in [0.1, 0.15) is 18.2 Å². The zero-order valence-electron chi connectivity index (χ0n) is 14.6. The predicted molar refractivity (Wildman–Crippen MR) is 96.5 cm³/mol. The van der Waals surface area contributed by atoms with Crippen LogP contribution in [0.1, 0.15) is 6.92 Å². The summed E-state index contributed by atoms with van der Waals surface area (Å²) in [7, 11) is -4.05. The Balaban J connectivity index is 1.54. The van der Waals surface area contributed by atoms with E-state index in [0.717, 1.165) is 24.3 Å². The summed E-state index contributed by atoms with van der Waals surface area (Å²) < 4.78 is 42.2. The van der Waals surface area contributed by atoms with E-state index >= 15 is 0 Å². The SMILES string of the molecule is C[C@@H]1Oc2ccc(NC(=O)CONS(=O)(=O)c3ccc(F)cc3)cc2NC1=O. The third-order valence-corrected chi connectivity index (χ3v) is 4.92. The second-order valence-corrected chi connectivity index (χ2v) is 7.48. The quantitative estimate of drug-likeness (QED) is 0.620. The van der Waals surface area contributed by atoms with Crippen LogP contribution in [0.25, 0.3) is 0 Å². The summed E-state index contributed by atoms with van der Waals surface area (Å²) in [6, 6.07) is 8.74. The molecule has 1 atom stereocenters. The second-order valence-electron chi connectivity index (χ2n) is 5.84. The first-order chi connectivity index (χ1) is 13.2. The van der Waals surface area contributed by atoms with Gasteiger partial charge in [0.2, 0.25) is 0 Å². The van der Waals surface area contributed by atoms with E-state index in [-0.39, 0.29) is 10.8 Å². The van der Waals surface area contributed by atoms with Crippen molar-refractivity contribution in [3.8, 4) is 5.75 Å². The van der Waals surface area contributed by atoms with Crippen LogP contribution in [0, 0.1) is 5.82 Å². The Kier molecular flexibility index (Phi) is 5.58. The lowest BCUT2D eigenvalue weighted by atomic mass is 10.2. The normalized spacial score (nSPS) is 15.9. The van der Waals surface area contributed by atoms with Crippen molar-refractivity contribution in [3.63, 3.8) is 0 Å². The summed E-state index contributed by atoms with van der Waals surface area (Å²) in [5.41, 5.74) is 0.756. The Morgan fingerprint density at radius 3 is 2.68 bits per heavy atom. The molecule has 0 spiro atoms. The molecule has 0 fully saturated rings. The number of anilines is 2. The van der Waals surface area contributed by atoms with Gasteiger partial charge in [0, 0.05) is 5.69 Å². The first-order valence-electron chi connectivity index (χ1n) is 8.05. The fourth-order valence-corrected chi connectivity index (χ4v) is 3.12. The number of carbonyl (C=O) groups excluding carboxylic acids is 2. The standard InChI is InChI=1S/C17H16FN3O6S/c1-10-17(23)20-14-8-12(4-7-15(14)27-10)19-16(22)9-26-21-28(24,25)13-5-2-11(18)3-6-13/h2-8,10,21H,9H2,1H3,(H,19,22)(H,20,23)/t10-/m0/s1. The molecule has 0 saturated carbocycles. The lowest BCUT2D eigenvalue weighted by Crippen LogP contribution is -2.34. The third-order valence-electron chi connectivity index (χ3n) is 3.69. The van der Waals surface area contributed by atoms with Gasteiger partial charge in [0.15, 0.2) is 6.10 Å². The van der Waals surface area contributed by atoms with Crippen LogP contribution in [0.15, 0.2) is 47.4 Å². The molecule has 148 valence electrons. The third kappa shape index (κ3) is 4.63. The van der Waals surface area contributed by atoms with Crippen molar-refractivity contribution in [2.24, 2.45) is 0 Å². The Labute approximate surface area is 159 Å². The van der Waals surface area contributed by atoms with Gasteiger partial charge in [0.05, 0.1) is 10.6 Å². The van der Waals surface area contributed by atoms with E-state index in [4.69, 9.17) is 9.57 Å². The molecule has 1 heterocycles. The predicted octanol–water partition coefficient (Wildman–Crippen LogP) is 1.39. The fourth-order valence-electron chi connectivity index (χ4n) is 2.32. The Hall–Kier alpha value is -3.02. The minimum atomic E-state index is -4.05. The molecule has 0 aliphatic carbocycles. The maximum Gasteiger partial charge on any atom is 0.265 e. The molecule has 1 aliphatic rings. The van der Waals surface area contributed by atoms with Gasteiger partial charge in [0.25, 0.3) is 21.8 Å². The molecule has 1 aliphatic heterocycles. The molecule has 0 saturated heterocycles. The van der Waals surface area contributed by atoms with Gasteiger partial charge in [-0.3, -0.25) is 14.4 Å². The van der Waals surface area contributed by atoms with E-state index in [1.807, 2.05) is 0 Å². The van der Waals surface area contributed by atoms with Crippen molar-refractivity contribution in [1.82, 2.24) is 4.89 Å². The first kappa shape index (κ1) is 19.7. The molecule has 0 aromatic heterocycles. The molecule has 2 aromatic rings. The minimum Gasteiger partial charge on any atom is -0.479 e. The summed E-state index contributed by atoms with van der Waals surface area (Å²) in [5.74, 6) is -1.07. The highest BCUT2D eigenvalue weighted by molar-refractivity contribution is 7.89. The number of benzene rings is 2. The lowest BCUT2D eigenvalue weighted by molar-refractivity contribution is -0.123. The van der Waals surface area contributed by atoms with Crippen LogP contribution in [-0.4, -0.2) is 32.9 Å². The van der Waals surface area contributed by atoms with Gasteiger partial charge in [-0.05, 0) is 49.4 Å². The summed E-state index contributed by atoms with van der Waals surface area (Å²) in [5, 5.41) is 5.14. The maximum atomic E-state index is 12.9. The van der Waals surface area contributed by atoms with Crippen LogP contribution < -0.4 is 20.3 Å². The van der Waals surface area contributed by atoms with Gasteiger partial charge in [-0.1, -0.05) is 4.89 Å². The Morgan fingerprint density at radius 1 is 1.25 bits per heavy atom. The number of sulfonamides is 1. The van der Waals surface area contributed by atoms with Crippen molar-refractivity contribution in [1.29, 1.82) is 0 Å². The topological polar surface area (TPSA) is 123 Å². The molecule has 0 radical (unpaired) electrons. The van der Waals surface area contributed by atoms with Crippen LogP contribution >= 0.6 is 0 Å². The monoisotopic (exact) mass is 409 g/mol. The van der Waals surface area contributed by atoms with Gasteiger partial charge >= 0.3 is 0 Å². The molecule has 11 heteroatoms. The number of hydrogen-bond donors (Lipinski definition) is 3. The van der Waals surface area contributed by atoms with E-state index in [1.165, 1.54) is 6.07 Å². The average molecular weight is 409 g/mol. The molecule has 3 N–H and O–H groups in total. The molecule has 0 unspecified atom stereocenters. The molecule has 2 aromatic carbocycles. The van der Waals surface area contributed by atoms with Crippen LogP contribution in [0.3, 0.4) is 0 Å². The number of amides is 2. The average Bonchev–Trinajstić information content (AvgIpc) is 2.63. The van der Waals surface area contributed by atoms with E-state index in [9.17, 15) is 22.4 Å². The first-order valence-corrected chi connectivity index (χ1v) is 9.53. The number of rotatable bonds is 6. The Morgan fingerprint density at radius 2 is 1.96 bits per heavy atom. The number of halogens is 1. The molecule has 2 amide bonds. The van der Waals surface area contributed by atoms with Crippen molar-refractivity contribution in [2.75, 3.05) is 17.2 Å². The maximum absolute atomic E-state index is 12.9. The smallest absolute Gasteiger partial charge is 0.265 e. The molecule has 0 bridgehead atoms. The summed E-state index contributed by atoms with van der Waals surface area (Å²) in [4.78, 5) is 29.8.